The molecule has 0 fully saturated rings. The number of hydrogen-bond donors (Lipinski definition) is 0. The second-order valence-corrected chi connectivity index (χ2v) is 6.24. The van der Waals surface area contributed by atoms with E-state index >= 15 is 0 Å². The van der Waals surface area contributed by atoms with Crippen LogP contribution in [0.1, 0.15) is 25.2 Å². The van der Waals surface area contributed by atoms with Crippen LogP contribution in [0.2, 0.25) is 0 Å². The third-order valence-corrected chi connectivity index (χ3v) is 4.28. The summed E-state index contributed by atoms with van der Waals surface area (Å²) in [5.41, 5.74) is 1.20. The number of nitriles is 1. The first-order valence-electron chi connectivity index (χ1n) is 8.61. The standard InChI is InChI=1S/C21H20FN3O2/c1-14(15(2)27-21-8-7-17(13-23)11-20(21)22)26-19-6-4-5-18(12-19)25-10-9-24-16(25)3/h4-12,14-15H,1-3H3. The maximum absolute atomic E-state index is 14.0. The van der Waals surface area contributed by atoms with Crippen LogP contribution in [0.3, 0.4) is 0 Å². The molecular formula is C21H20FN3O2. The van der Waals surface area contributed by atoms with E-state index in [-0.39, 0.29) is 17.4 Å². The average molecular weight is 365 g/mol. The summed E-state index contributed by atoms with van der Waals surface area (Å²) in [6.07, 6.45) is 2.91. The SMILES string of the molecule is Cc1nccn1-c1cccc(OC(C)C(C)Oc2ccc(C#N)cc2F)c1. The highest BCUT2D eigenvalue weighted by Crippen LogP contribution is 2.23. The zero-order chi connectivity index (χ0) is 19.4. The van der Waals surface area contributed by atoms with Gasteiger partial charge in [0.2, 0.25) is 0 Å². The van der Waals surface area contributed by atoms with E-state index in [1.807, 2.05) is 61.9 Å². The molecule has 138 valence electrons. The summed E-state index contributed by atoms with van der Waals surface area (Å²) in [6.45, 7) is 5.60. The molecule has 3 aromatic rings. The normalized spacial score (nSPS) is 12.9. The first-order valence-corrected chi connectivity index (χ1v) is 8.61. The van der Waals surface area contributed by atoms with Crippen LogP contribution in [0.4, 0.5) is 4.39 Å². The molecule has 6 heteroatoms. The van der Waals surface area contributed by atoms with E-state index in [9.17, 15) is 4.39 Å². The number of aryl methyl sites for hydroxylation is 1. The van der Waals surface area contributed by atoms with Gasteiger partial charge in [-0.3, -0.25) is 0 Å². The quantitative estimate of drug-likeness (QED) is 0.648. The van der Waals surface area contributed by atoms with Crippen molar-refractivity contribution in [2.75, 3.05) is 0 Å². The Balaban J connectivity index is 1.69. The molecule has 0 aliphatic rings. The van der Waals surface area contributed by atoms with E-state index in [2.05, 4.69) is 4.98 Å². The van der Waals surface area contributed by atoms with Gasteiger partial charge in [-0.25, -0.2) is 9.37 Å². The summed E-state index contributed by atoms with van der Waals surface area (Å²) in [4.78, 5) is 4.23. The van der Waals surface area contributed by atoms with Crippen molar-refractivity contribution in [1.29, 1.82) is 5.26 Å². The van der Waals surface area contributed by atoms with Crippen LogP contribution in [-0.2, 0) is 0 Å². The van der Waals surface area contributed by atoms with Crippen molar-refractivity contribution in [1.82, 2.24) is 9.55 Å². The molecule has 2 aromatic carbocycles. The second kappa shape index (κ2) is 7.92. The number of ether oxygens (including phenoxy) is 2. The third-order valence-electron chi connectivity index (χ3n) is 4.28. The summed E-state index contributed by atoms with van der Waals surface area (Å²) in [5.74, 6) is 1.10. The molecule has 0 N–H and O–H groups in total. The summed E-state index contributed by atoms with van der Waals surface area (Å²) >= 11 is 0. The zero-order valence-corrected chi connectivity index (χ0v) is 15.4. The van der Waals surface area contributed by atoms with Gasteiger partial charge in [0, 0.05) is 18.5 Å². The molecule has 0 bridgehead atoms. The Kier molecular flexibility index (Phi) is 5.41. The predicted octanol–water partition coefficient (Wildman–Crippen LogP) is 4.43. The summed E-state index contributed by atoms with van der Waals surface area (Å²) in [7, 11) is 0. The first-order chi connectivity index (χ1) is 13.0. The van der Waals surface area contributed by atoms with Gasteiger partial charge < -0.3 is 14.0 Å². The fourth-order valence-electron chi connectivity index (χ4n) is 2.63. The Morgan fingerprint density at radius 3 is 2.56 bits per heavy atom. The Labute approximate surface area is 157 Å². The van der Waals surface area contributed by atoms with Crippen molar-refractivity contribution in [3.63, 3.8) is 0 Å². The van der Waals surface area contributed by atoms with Crippen molar-refractivity contribution in [3.8, 4) is 23.3 Å². The Morgan fingerprint density at radius 1 is 1.11 bits per heavy atom. The smallest absolute Gasteiger partial charge is 0.166 e. The zero-order valence-electron chi connectivity index (χ0n) is 15.4. The van der Waals surface area contributed by atoms with E-state index in [4.69, 9.17) is 14.7 Å². The van der Waals surface area contributed by atoms with Crippen LogP contribution in [0.25, 0.3) is 5.69 Å². The fraction of sp³-hybridized carbons (Fsp3) is 0.238. The van der Waals surface area contributed by atoms with Crippen LogP contribution in [0.5, 0.6) is 11.5 Å². The average Bonchev–Trinajstić information content (AvgIpc) is 3.09. The van der Waals surface area contributed by atoms with Gasteiger partial charge in [-0.2, -0.15) is 5.26 Å². The second-order valence-electron chi connectivity index (χ2n) is 6.24. The van der Waals surface area contributed by atoms with Gasteiger partial charge in [0.15, 0.2) is 11.6 Å². The number of rotatable bonds is 6. The number of halogens is 1. The molecule has 0 radical (unpaired) electrons. The molecule has 0 saturated heterocycles. The molecular weight excluding hydrogens is 345 g/mol. The Bertz CT molecular complexity index is 978. The molecule has 0 saturated carbocycles. The van der Waals surface area contributed by atoms with Crippen molar-refractivity contribution >= 4 is 0 Å². The minimum atomic E-state index is -0.564. The van der Waals surface area contributed by atoms with E-state index in [1.54, 1.807) is 6.20 Å². The molecule has 0 aliphatic heterocycles. The molecule has 2 unspecified atom stereocenters. The predicted molar refractivity (Wildman–Crippen MR) is 99.6 cm³/mol. The lowest BCUT2D eigenvalue weighted by Crippen LogP contribution is -2.31. The van der Waals surface area contributed by atoms with Crippen molar-refractivity contribution in [2.45, 2.75) is 33.0 Å². The molecule has 1 aromatic heterocycles. The molecule has 2 atom stereocenters. The van der Waals surface area contributed by atoms with Gasteiger partial charge >= 0.3 is 0 Å². The molecule has 0 amide bonds. The largest absolute Gasteiger partial charge is 0.487 e. The minimum Gasteiger partial charge on any atom is -0.487 e. The summed E-state index contributed by atoms with van der Waals surface area (Å²) < 4.78 is 27.6. The fourth-order valence-corrected chi connectivity index (χ4v) is 2.63. The lowest BCUT2D eigenvalue weighted by atomic mass is 10.2. The van der Waals surface area contributed by atoms with Crippen LogP contribution < -0.4 is 9.47 Å². The van der Waals surface area contributed by atoms with Crippen molar-refractivity contribution in [2.24, 2.45) is 0 Å². The van der Waals surface area contributed by atoms with Gasteiger partial charge in [-0.15, -0.1) is 0 Å². The minimum absolute atomic E-state index is 0.0970. The number of imidazole rings is 1. The number of benzene rings is 2. The highest BCUT2D eigenvalue weighted by atomic mass is 19.1. The highest BCUT2D eigenvalue weighted by molar-refractivity contribution is 5.40. The molecule has 1 heterocycles. The lowest BCUT2D eigenvalue weighted by molar-refractivity contribution is 0.0750. The monoisotopic (exact) mass is 365 g/mol. The first kappa shape index (κ1) is 18.5. The van der Waals surface area contributed by atoms with E-state index in [0.29, 0.717) is 5.75 Å². The van der Waals surface area contributed by atoms with Gasteiger partial charge in [0.1, 0.15) is 23.8 Å². The maximum atomic E-state index is 14.0. The molecule has 27 heavy (non-hydrogen) atoms. The van der Waals surface area contributed by atoms with Gasteiger partial charge in [0.25, 0.3) is 0 Å². The van der Waals surface area contributed by atoms with Crippen molar-refractivity contribution in [3.05, 3.63) is 72.1 Å². The van der Waals surface area contributed by atoms with Crippen LogP contribution in [0, 0.1) is 24.1 Å². The number of nitrogens with zero attached hydrogens (tertiary/aromatic N) is 3. The molecule has 3 rings (SSSR count). The summed E-state index contributed by atoms with van der Waals surface area (Å²) in [5, 5.41) is 8.81. The van der Waals surface area contributed by atoms with E-state index < -0.39 is 11.9 Å². The van der Waals surface area contributed by atoms with Crippen LogP contribution in [0.15, 0.2) is 54.9 Å². The lowest BCUT2D eigenvalue weighted by Gasteiger charge is -2.23. The van der Waals surface area contributed by atoms with Gasteiger partial charge in [-0.05, 0) is 51.1 Å². The Hall–Kier alpha value is -3.33. The van der Waals surface area contributed by atoms with Gasteiger partial charge in [0.05, 0.1) is 17.3 Å². The molecule has 0 aliphatic carbocycles. The Morgan fingerprint density at radius 2 is 1.89 bits per heavy atom. The molecule has 0 spiro atoms. The van der Waals surface area contributed by atoms with E-state index in [1.165, 1.54) is 12.1 Å². The molecule has 5 nitrogen and oxygen atoms in total. The summed E-state index contributed by atoms with van der Waals surface area (Å²) in [6, 6.07) is 13.7. The number of aromatic nitrogens is 2. The maximum Gasteiger partial charge on any atom is 0.166 e. The van der Waals surface area contributed by atoms with Crippen LogP contribution in [-0.4, -0.2) is 21.8 Å². The highest BCUT2D eigenvalue weighted by Gasteiger charge is 2.18. The van der Waals surface area contributed by atoms with E-state index in [0.717, 1.165) is 17.6 Å². The van der Waals surface area contributed by atoms with Crippen LogP contribution >= 0.6 is 0 Å². The van der Waals surface area contributed by atoms with Gasteiger partial charge in [-0.1, -0.05) is 6.07 Å². The number of hydrogen-bond acceptors (Lipinski definition) is 4. The third kappa shape index (κ3) is 4.26. The van der Waals surface area contributed by atoms with Crippen molar-refractivity contribution < 1.29 is 13.9 Å². The topological polar surface area (TPSA) is 60.1 Å².